The van der Waals surface area contributed by atoms with Crippen molar-refractivity contribution in [3.8, 4) is 41.1 Å². The normalized spacial score (nSPS) is 12.0. The predicted octanol–water partition coefficient (Wildman–Crippen LogP) is 21.0. The summed E-state index contributed by atoms with van der Waals surface area (Å²) in [7, 11) is 2.46. The minimum Gasteiger partial charge on any atom is -0.337 e. The molecule has 0 aliphatic rings. The number of rotatable bonds is 31. The topological polar surface area (TPSA) is 30.7 Å². The van der Waals surface area contributed by atoms with E-state index in [-0.39, 0.29) is 0 Å². The molecule has 6 heterocycles. The lowest BCUT2D eigenvalue weighted by atomic mass is 9.73. The maximum atomic E-state index is 4.98. The van der Waals surface area contributed by atoms with Crippen LogP contribution in [0.5, 0.6) is 0 Å². The Bertz CT molecular complexity index is 3100. The lowest BCUT2D eigenvalue weighted by molar-refractivity contribution is 0.410. The molecule has 1 radical (unpaired) electrons. The minimum atomic E-state index is 0.505. The van der Waals surface area contributed by atoms with Gasteiger partial charge in [0.1, 0.15) is 11.0 Å². The second-order valence-corrected chi connectivity index (χ2v) is 25.7. The van der Waals surface area contributed by atoms with E-state index >= 15 is 0 Å². The molecule has 9 rings (SSSR count). The van der Waals surface area contributed by atoms with Crippen LogP contribution in [0.25, 0.3) is 73.9 Å². The first-order valence-corrected chi connectivity index (χ1v) is 32.6. The Morgan fingerprint density at radius 3 is 1.75 bits per heavy atom. The summed E-state index contributed by atoms with van der Waals surface area (Å²) < 4.78 is 15.4. The van der Waals surface area contributed by atoms with Gasteiger partial charge in [-0.15, -0.1) is 34.0 Å². The van der Waals surface area contributed by atoms with Crippen molar-refractivity contribution in [2.45, 2.75) is 195 Å². The van der Waals surface area contributed by atoms with Gasteiger partial charge >= 0.3 is 0 Å². The van der Waals surface area contributed by atoms with Crippen LogP contribution < -0.4 is 9.55 Å². The molecular weight excluding hydrogens is 982 g/mol. The molecule has 0 aliphatic heterocycles. The van der Waals surface area contributed by atoms with Gasteiger partial charge in [-0.05, 0) is 125 Å². The zero-order valence-electron chi connectivity index (χ0n) is 44.7. The molecule has 3 aromatic carbocycles. The molecule has 73 heavy (non-hydrogen) atoms. The van der Waals surface area contributed by atoms with Crippen molar-refractivity contribution in [2.24, 2.45) is 0 Å². The molecule has 0 N–H and O–H groups in total. The number of unbranched alkanes of at least 4 members (excludes halogenated alkanes) is 16. The summed E-state index contributed by atoms with van der Waals surface area (Å²) in [4.78, 5) is 6.64. The molecule has 0 unspecified atom stereocenters. The zero-order chi connectivity index (χ0) is 50.4. The highest BCUT2D eigenvalue weighted by molar-refractivity contribution is 7.32. The Kier molecular flexibility index (Phi) is 20.2. The predicted molar refractivity (Wildman–Crippen MR) is 331 cm³/mol. The number of aromatic nitrogens is 3. The van der Waals surface area contributed by atoms with Crippen molar-refractivity contribution in [1.82, 2.24) is 13.3 Å². The molecule has 0 fully saturated rings. The quantitative estimate of drug-likeness (QED) is 0.0320. The number of aryl methyl sites for hydroxylation is 3. The summed E-state index contributed by atoms with van der Waals surface area (Å²) >= 11 is 9.01. The number of thiophene rings is 4. The molecule has 0 saturated carbocycles. The van der Waals surface area contributed by atoms with E-state index in [2.05, 4.69) is 137 Å². The fourth-order valence-electron chi connectivity index (χ4n) is 11.0. The van der Waals surface area contributed by atoms with Crippen molar-refractivity contribution >= 4 is 107 Å². The maximum absolute atomic E-state index is 4.98. The highest BCUT2D eigenvalue weighted by Crippen LogP contribution is 2.43. The Labute approximate surface area is 459 Å². The molecule has 0 amide bonds. The number of fused-ring (bicyclic) bond motifs is 4. The molecule has 6 aromatic heterocycles. The highest BCUT2D eigenvalue weighted by Gasteiger charge is 2.22. The van der Waals surface area contributed by atoms with Crippen LogP contribution in [0.2, 0.25) is 0 Å². The molecule has 0 saturated heterocycles. The van der Waals surface area contributed by atoms with Gasteiger partial charge in [0.2, 0.25) is 7.28 Å². The summed E-state index contributed by atoms with van der Waals surface area (Å²) in [6.45, 7) is 11.5. The largest absolute Gasteiger partial charge is 0.337 e. The van der Waals surface area contributed by atoms with Crippen molar-refractivity contribution in [3.63, 3.8) is 0 Å². The summed E-state index contributed by atoms with van der Waals surface area (Å²) in [5.41, 5.74) is 12.8. The fourth-order valence-corrected chi connectivity index (χ4v) is 15.9. The third-order valence-corrected chi connectivity index (χ3v) is 20.3. The van der Waals surface area contributed by atoms with Crippen LogP contribution in [0, 0.1) is 6.92 Å². The first kappa shape index (κ1) is 54.0. The molecule has 0 spiro atoms. The SMILES string of the molecule is CCCCCCCCC(CCCCCCCC)n1c2cc(C)ccc2c2ccc(-c3ccc(-c4ccc(-c5ccc([B]c6sc(-c7cc(CCCCCC)cs7)cc6CCCCCC)s5)c5nsnc45)s3)cc21. The first-order chi connectivity index (χ1) is 36.0. The number of hydrogen-bond donors (Lipinski definition) is 0. The van der Waals surface area contributed by atoms with E-state index in [1.54, 1.807) is 0 Å². The van der Waals surface area contributed by atoms with E-state index < -0.39 is 0 Å². The van der Waals surface area contributed by atoms with E-state index in [9.17, 15) is 0 Å². The van der Waals surface area contributed by atoms with E-state index in [0.29, 0.717) is 6.04 Å². The number of hydrogen-bond acceptors (Lipinski definition) is 7. The third-order valence-electron chi connectivity index (χ3n) is 15.2. The van der Waals surface area contributed by atoms with Gasteiger partial charge < -0.3 is 4.57 Å². The summed E-state index contributed by atoms with van der Waals surface area (Å²) in [5.74, 6) is 0. The van der Waals surface area contributed by atoms with Crippen LogP contribution in [0.15, 0.2) is 90.3 Å². The Morgan fingerprint density at radius 2 is 1.07 bits per heavy atom. The van der Waals surface area contributed by atoms with Crippen LogP contribution in [0.1, 0.15) is 192 Å². The summed E-state index contributed by atoms with van der Waals surface area (Å²) in [5, 5.41) is 5.18. The lowest BCUT2D eigenvalue weighted by Gasteiger charge is -2.22. The van der Waals surface area contributed by atoms with E-state index in [1.807, 2.05) is 45.3 Å². The van der Waals surface area contributed by atoms with Gasteiger partial charge in [0, 0.05) is 57.8 Å². The van der Waals surface area contributed by atoms with Gasteiger partial charge in [0.05, 0.1) is 17.2 Å². The van der Waals surface area contributed by atoms with Crippen molar-refractivity contribution in [2.75, 3.05) is 0 Å². The standard InChI is InChI=1S/C64H79BN3S5/c1-6-10-14-18-20-24-28-49(29-25-21-19-15-11-7-2)68-54-40-45(5)30-32-50(54)51-33-31-47(42-55(51)68)56-36-37-57(70-56)52-34-35-53(63-62(52)66-73-67-63)58-38-39-61(71-58)65-64-48(27-23-17-13-9-4)43-60(72-64)59-41-46(44-69-59)26-22-16-12-8-3/h30-44,49H,6-29H2,1-5H3. The van der Waals surface area contributed by atoms with E-state index in [1.165, 1.54) is 249 Å². The molecule has 0 bridgehead atoms. The van der Waals surface area contributed by atoms with Crippen LogP contribution in [0.3, 0.4) is 0 Å². The molecule has 0 aliphatic carbocycles. The lowest BCUT2D eigenvalue weighted by Crippen LogP contribution is -2.24. The van der Waals surface area contributed by atoms with Gasteiger partial charge in [-0.3, -0.25) is 0 Å². The van der Waals surface area contributed by atoms with E-state index in [4.69, 9.17) is 8.75 Å². The van der Waals surface area contributed by atoms with Crippen molar-refractivity contribution in [3.05, 3.63) is 107 Å². The van der Waals surface area contributed by atoms with Crippen LogP contribution >= 0.6 is 57.1 Å². The first-order valence-electron chi connectivity index (χ1n) is 28.5. The maximum Gasteiger partial charge on any atom is 0.219 e. The molecule has 0 atom stereocenters. The van der Waals surface area contributed by atoms with Crippen molar-refractivity contribution in [1.29, 1.82) is 0 Å². The number of benzene rings is 3. The van der Waals surface area contributed by atoms with Gasteiger partial charge in [0.25, 0.3) is 0 Å². The van der Waals surface area contributed by atoms with Gasteiger partial charge in [-0.2, -0.15) is 20.1 Å². The van der Waals surface area contributed by atoms with Gasteiger partial charge in [-0.25, -0.2) is 0 Å². The molecular formula is C64H79BN3S5. The average Bonchev–Trinajstić information content (AvgIpc) is 4.28. The fraction of sp³-hybridized carbons (Fsp3) is 0.469. The average molecular weight is 1060 g/mol. The second-order valence-electron chi connectivity index (χ2n) is 21.0. The van der Waals surface area contributed by atoms with Crippen LogP contribution in [-0.2, 0) is 12.8 Å². The molecule has 9 aromatic rings. The second kappa shape index (κ2) is 27.3. The summed E-state index contributed by atoms with van der Waals surface area (Å²) in [6.07, 6.45) is 31.3. The Hall–Kier alpha value is -3.86. The molecule has 3 nitrogen and oxygen atoms in total. The van der Waals surface area contributed by atoms with Crippen LogP contribution in [-0.4, -0.2) is 20.6 Å². The van der Waals surface area contributed by atoms with Crippen molar-refractivity contribution < 1.29 is 0 Å². The van der Waals surface area contributed by atoms with E-state index in [0.717, 1.165) is 17.5 Å². The Balaban J connectivity index is 0.958. The number of nitrogens with zero attached hydrogens (tertiary/aromatic N) is 3. The van der Waals surface area contributed by atoms with Gasteiger partial charge in [0.15, 0.2) is 0 Å². The smallest absolute Gasteiger partial charge is 0.219 e. The minimum absolute atomic E-state index is 0.505. The van der Waals surface area contributed by atoms with Crippen LogP contribution in [0.4, 0.5) is 0 Å². The monoisotopic (exact) mass is 1060 g/mol. The highest BCUT2D eigenvalue weighted by atomic mass is 32.1. The summed E-state index contributed by atoms with van der Waals surface area (Å²) in [6, 6.07) is 33.8. The molecule has 9 heteroatoms. The van der Waals surface area contributed by atoms with Gasteiger partial charge in [-0.1, -0.05) is 186 Å². The molecule has 383 valence electrons. The zero-order valence-corrected chi connectivity index (χ0v) is 48.8. The third kappa shape index (κ3) is 13.6. The Morgan fingerprint density at radius 1 is 0.493 bits per heavy atom.